The molecule has 2 aliphatic rings. The largest absolute Gasteiger partial charge is 0.441 e. The average Bonchev–Trinajstić information content (AvgIpc) is 3.10. The summed E-state index contributed by atoms with van der Waals surface area (Å²) in [5.41, 5.74) is 1.33. The maximum atomic E-state index is 15.0. The molecule has 2 atom stereocenters. The Balaban J connectivity index is 1.70. The summed E-state index contributed by atoms with van der Waals surface area (Å²) in [6.07, 6.45) is -1.95. The molecular weight excluding hydrogens is 349 g/mol. The van der Waals surface area contributed by atoms with Crippen molar-refractivity contribution in [2.75, 3.05) is 4.90 Å². The standard InChI is InChI=1S/C20H16FN3O3/c1-10-3-5-13-14(7-10)23-19-20(26,18(13)25)9-17(21)24(19)12-4-6-16-15(8-12)22-11(2)27-16/h3-8,17,26H,9H2,1-2H3/t17-,20?/m1/s1. The number of ketones is 1. The Hall–Kier alpha value is -3.06. The Morgan fingerprint density at radius 3 is 2.89 bits per heavy atom. The van der Waals surface area contributed by atoms with Crippen LogP contribution in [0.5, 0.6) is 0 Å². The van der Waals surface area contributed by atoms with Crippen molar-refractivity contribution in [3.8, 4) is 0 Å². The summed E-state index contributed by atoms with van der Waals surface area (Å²) in [5.74, 6) is -0.00450. The van der Waals surface area contributed by atoms with E-state index in [-0.39, 0.29) is 12.3 Å². The van der Waals surface area contributed by atoms with Crippen molar-refractivity contribution >= 4 is 34.1 Å². The van der Waals surface area contributed by atoms with E-state index >= 15 is 0 Å². The van der Waals surface area contributed by atoms with Crippen molar-refractivity contribution < 1.29 is 18.7 Å². The van der Waals surface area contributed by atoms with E-state index in [0.29, 0.717) is 33.9 Å². The predicted octanol–water partition coefficient (Wildman–Crippen LogP) is 3.61. The number of oxazole rings is 1. The Bertz CT molecular complexity index is 1150. The number of rotatable bonds is 1. The van der Waals surface area contributed by atoms with E-state index in [1.54, 1.807) is 43.3 Å². The number of aliphatic hydroxyl groups is 1. The van der Waals surface area contributed by atoms with Crippen LogP contribution in [0.4, 0.5) is 15.8 Å². The van der Waals surface area contributed by atoms with Crippen molar-refractivity contribution in [1.29, 1.82) is 0 Å². The Kier molecular flexibility index (Phi) is 3.13. The lowest BCUT2D eigenvalue weighted by atomic mass is 9.87. The molecule has 0 radical (unpaired) electrons. The number of halogens is 1. The molecule has 7 heteroatoms. The molecule has 3 heterocycles. The minimum absolute atomic E-state index is 0.0117. The van der Waals surface area contributed by atoms with Crippen LogP contribution in [0.2, 0.25) is 0 Å². The first-order chi connectivity index (χ1) is 12.9. The van der Waals surface area contributed by atoms with Crippen LogP contribution in [0.1, 0.15) is 28.2 Å². The lowest BCUT2D eigenvalue weighted by Gasteiger charge is -2.29. The van der Waals surface area contributed by atoms with Crippen molar-refractivity contribution in [1.82, 2.24) is 4.98 Å². The highest BCUT2D eigenvalue weighted by Gasteiger charge is 2.56. The van der Waals surface area contributed by atoms with Gasteiger partial charge in [0.2, 0.25) is 5.78 Å². The topological polar surface area (TPSA) is 78.9 Å². The number of aliphatic imine (C=N–C) groups is 1. The van der Waals surface area contributed by atoms with Gasteiger partial charge in [-0.2, -0.15) is 0 Å². The number of hydrogen-bond donors (Lipinski definition) is 1. The minimum Gasteiger partial charge on any atom is -0.441 e. The van der Waals surface area contributed by atoms with Crippen LogP contribution < -0.4 is 4.90 Å². The molecule has 0 spiro atoms. The van der Waals surface area contributed by atoms with E-state index in [1.807, 2.05) is 6.92 Å². The molecule has 1 saturated heterocycles. The van der Waals surface area contributed by atoms with Gasteiger partial charge >= 0.3 is 0 Å². The smallest absolute Gasteiger partial charge is 0.204 e. The molecule has 0 bridgehead atoms. The van der Waals surface area contributed by atoms with Gasteiger partial charge in [0.05, 0.1) is 5.69 Å². The first-order valence-electron chi connectivity index (χ1n) is 8.64. The first-order valence-corrected chi connectivity index (χ1v) is 8.64. The highest BCUT2D eigenvalue weighted by Crippen LogP contribution is 2.43. The van der Waals surface area contributed by atoms with Gasteiger partial charge in [-0.25, -0.2) is 14.4 Å². The normalized spacial score (nSPS) is 24.1. The summed E-state index contributed by atoms with van der Waals surface area (Å²) in [4.78, 5) is 22.9. The molecule has 5 rings (SSSR count). The second kappa shape index (κ2) is 5.23. The number of anilines is 1. The monoisotopic (exact) mass is 365 g/mol. The minimum atomic E-state index is -1.98. The Labute approximate surface area is 154 Å². The molecular formula is C20H16FN3O3. The summed E-state index contributed by atoms with van der Waals surface area (Å²) in [5, 5.41) is 11.0. The highest BCUT2D eigenvalue weighted by molar-refractivity contribution is 6.28. The average molecular weight is 365 g/mol. The number of nitrogens with zero attached hydrogens (tertiary/aromatic N) is 3. The van der Waals surface area contributed by atoms with E-state index in [1.165, 1.54) is 4.90 Å². The van der Waals surface area contributed by atoms with Crippen LogP contribution in [0.25, 0.3) is 11.1 Å². The number of benzene rings is 2. The van der Waals surface area contributed by atoms with Gasteiger partial charge in [-0.15, -0.1) is 0 Å². The molecule has 0 aliphatic carbocycles. The second-order valence-electron chi connectivity index (χ2n) is 7.04. The number of amidine groups is 1. The third-order valence-electron chi connectivity index (χ3n) is 5.10. The molecule has 1 unspecified atom stereocenters. The molecule has 2 aromatic carbocycles. The second-order valence-corrected chi connectivity index (χ2v) is 7.04. The van der Waals surface area contributed by atoms with Crippen LogP contribution in [0, 0.1) is 13.8 Å². The van der Waals surface area contributed by atoms with E-state index in [9.17, 15) is 14.3 Å². The number of carbonyl (C=O) groups is 1. The van der Waals surface area contributed by atoms with E-state index in [2.05, 4.69) is 9.98 Å². The third-order valence-corrected chi connectivity index (χ3v) is 5.10. The fourth-order valence-corrected chi connectivity index (χ4v) is 3.83. The fraction of sp³-hybridized carbons (Fsp3) is 0.250. The van der Waals surface area contributed by atoms with Gasteiger partial charge in [0, 0.05) is 24.6 Å². The van der Waals surface area contributed by atoms with Gasteiger partial charge in [-0.3, -0.25) is 9.69 Å². The van der Waals surface area contributed by atoms with Gasteiger partial charge in [0.15, 0.2) is 29.2 Å². The number of hydrogen-bond acceptors (Lipinski definition) is 6. The molecule has 136 valence electrons. The zero-order valence-electron chi connectivity index (χ0n) is 14.7. The van der Waals surface area contributed by atoms with Crippen LogP contribution in [-0.4, -0.2) is 33.6 Å². The predicted molar refractivity (Wildman–Crippen MR) is 98.3 cm³/mol. The summed E-state index contributed by atoms with van der Waals surface area (Å²) >= 11 is 0. The van der Waals surface area contributed by atoms with Gasteiger partial charge in [0.1, 0.15) is 5.52 Å². The summed E-state index contributed by atoms with van der Waals surface area (Å²) < 4.78 is 20.4. The Morgan fingerprint density at radius 2 is 2.07 bits per heavy atom. The maximum absolute atomic E-state index is 15.0. The van der Waals surface area contributed by atoms with Gasteiger partial charge in [0.25, 0.3) is 0 Å². The van der Waals surface area contributed by atoms with Gasteiger partial charge in [-0.05, 0) is 42.8 Å². The molecule has 1 aromatic heterocycles. The molecule has 1 N–H and O–H groups in total. The summed E-state index contributed by atoms with van der Waals surface area (Å²) in [7, 11) is 0. The number of Topliss-reactive ketones (excluding diaryl/α,β-unsaturated/α-hetero) is 1. The van der Waals surface area contributed by atoms with Crippen LogP contribution >= 0.6 is 0 Å². The van der Waals surface area contributed by atoms with Crippen LogP contribution in [0.3, 0.4) is 0 Å². The fourth-order valence-electron chi connectivity index (χ4n) is 3.83. The lowest BCUT2D eigenvalue weighted by Crippen LogP contribution is -2.48. The number of fused-ring (bicyclic) bond motifs is 3. The lowest BCUT2D eigenvalue weighted by molar-refractivity contribution is 0.0549. The molecule has 27 heavy (non-hydrogen) atoms. The molecule has 3 aromatic rings. The number of carbonyl (C=O) groups excluding carboxylic acids is 1. The zero-order chi connectivity index (χ0) is 18.9. The van der Waals surface area contributed by atoms with Crippen LogP contribution in [-0.2, 0) is 0 Å². The van der Waals surface area contributed by atoms with E-state index in [4.69, 9.17) is 4.42 Å². The van der Waals surface area contributed by atoms with E-state index < -0.39 is 17.7 Å². The van der Waals surface area contributed by atoms with Crippen molar-refractivity contribution in [3.63, 3.8) is 0 Å². The Morgan fingerprint density at radius 1 is 1.26 bits per heavy atom. The van der Waals surface area contributed by atoms with Crippen LogP contribution in [0.15, 0.2) is 45.8 Å². The number of alkyl halides is 1. The van der Waals surface area contributed by atoms with Crippen molar-refractivity contribution in [2.24, 2.45) is 4.99 Å². The molecule has 0 saturated carbocycles. The molecule has 1 fully saturated rings. The van der Waals surface area contributed by atoms with Gasteiger partial charge < -0.3 is 9.52 Å². The molecule has 6 nitrogen and oxygen atoms in total. The zero-order valence-corrected chi connectivity index (χ0v) is 14.7. The summed E-state index contributed by atoms with van der Waals surface area (Å²) in [6, 6.07) is 10.2. The number of aryl methyl sites for hydroxylation is 2. The molecule has 2 aliphatic heterocycles. The SMILES string of the molecule is Cc1ccc2c(c1)N=C1N(c3ccc4oc(C)nc4c3)[C@@H](F)CC1(O)C2=O. The van der Waals surface area contributed by atoms with E-state index in [0.717, 1.165) is 5.56 Å². The van der Waals surface area contributed by atoms with Crippen molar-refractivity contribution in [2.45, 2.75) is 32.2 Å². The highest BCUT2D eigenvalue weighted by atomic mass is 19.1. The summed E-state index contributed by atoms with van der Waals surface area (Å²) in [6.45, 7) is 3.62. The maximum Gasteiger partial charge on any atom is 0.204 e. The first kappa shape index (κ1) is 16.1. The number of aromatic nitrogens is 1. The quantitative estimate of drug-likeness (QED) is 0.667. The van der Waals surface area contributed by atoms with Gasteiger partial charge in [-0.1, -0.05) is 6.07 Å². The van der Waals surface area contributed by atoms with Crippen molar-refractivity contribution in [3.05, 3.63) is 53.4 Å². The third kappa shape index (κ3) is 2.18. The molecule has 0 amide bonds.